The molecular formula is C17H28N2O. The number of ether oxygens (including phenoxy) is 1. The standard InChI is InChI=1S/C17H28N2O/c1-2-20-16-10-8-9-15(13-16)17(14-18)19-11-6-4-3-5-7-12-19/h8-10,13,17H,2-7,11-12,14,18H2,1H3. The Kier molecular flexibility index (Phi) is 6.34. The van der Waals surface area contributed by atoms with Crippen molar-refractivity contribution in [2.75, 3.05) is 26.2 Å². The molecule has 0 aromatic heterocycles. The lowest BCUT2D eigenvalue weighted by molar-refractivity contribution is 0.183. The lowest BCUT2D eigenvalue weighted by atomic mass is 10.0. The first kappa shape index (κ1) is 15.3. The third kappa shape index (κ3) is 4.22. The molecule has 1 aromatic carbocycles. The van der Waals surface area contributed by atoms with Gasteiger partial charge in [0.1, 0.15) is 5.75 Å². The summed E-state index contributed by atoms with van der Waals surface area (Å²) >= 11 is 0. The van der Waals surface area contributed by atoms with E-state index in [4.69, 9.17) is 10.5 Å². The predicted molar refractivity (Wildman–Crippen MR) is 84.1 cm³/mol. The Morgan fingerprint density at radius 2 is 1.85 bits per heavy atom. The molecule has 112 valence electrons. The van der Waals surface area contributed by atoms with Crippen molar-refractivity contribution in [1.82, 2.24) is 4.90 Å². The summed E-state index contributed by atoms with van der Waals surface area (Å²) in [7, 11) is 0. The van der Waals surface area contributed by atoms with Crippen molar-refractivity contribution in [2.24, 2.45) is 5.73 Å². The quantitative estimate of drug-likeness (QED) is 0.896. The first-order valence-corrected chi connectivity index (χ1v) is 8.02. The number of benzene rings is 1. The fourth-order valence-corrected chi connectivity index (χ4v) is 3.06. The Balaban J connectivity index is 2.10. The zero-order valence-corrected chi connectivity index (χ0v) is 12.7. The molecule has 1 atom stereocenters. The Bertz CT molecular complexity index is 386. The average Bonchev–Trinajstić information content (AvgIpc) is 2.42. The van der Waals surface area contributed by atoms with Crippen LogP contribution in [0.1, 0.15) is 50.6 Å². The highest BCUT2D eigenvalue weighted by molar-refractivity contribution is 5.31. The maximum absolute atomic E-state index is 6.07. The minimum Gasteiger partial charge on any atom is -0.494 e. The molecule has 1 aliphatic rings. The van der Waals surface area contributed by atoms with Crippen LogP contribution < -0.4 is 10.5 Å². The van der Waals surface area contributed by atoms with Gasteiger partial charge in [0, 0.05) is 12.6 Å². The van der Waals surface area contributed by atoms with Crippen molar-refractivity contribution in [2.45, 2.75) is 45.1 Å². The van der Waals surface area contributed by atoms with Crippen LogP contribution in [0.2, 0.25) is 0 Å². The molecule has 3 nitrogen and oxygen atoms in total. The molecule has 0 radical (unpaired) electrons. The summed E-state index contributed by atoms with van der Waals surface area (Å²) in [6.07, 6.45) is 6.68. The molecule has 2 N–H and O–H groups in total. The van der Waals surface area contributed by atoms with Crippen LogP contribution in [0.15, 0.2) is 24.3 Å². The van der Waals surface area contributed by atoms with Gasteiger partial charge < -0.3 is 10.5 Å². The van der Waals surface area contributed by atoms with E-state index in [9.17, 15) is 0 Å². The molecular weight excluding hydrogens is 248 g/mol. The lowest BCUT2D eigenvalue weighted by Gasteiger charge is -2.32. The minimum atomic E-state index is 0.327. The van der Waals surface area contributed by atoms with E-state index in [1.54, 1.807) is 0 Å². The van der Waals surface area contributed by atoms with Crippen LogP contribution in [0.4, 0.5) is 0 Å². The lowest BCUT2D eigenvalue weighted by Crippen LogP contribution is -2.36. The monoisotopic (exact) mass is 276 g/mol. The van der Waals surface area contributed by atoms with Crippen molar-refractivity contribution in [3.05, 3.63) is 29.8 Å². The van der Waals surface area contributed by atoms with Gasteiger partial charge in [-0.05, 0) is 50.6 Å². The third-order valence-electron chi connectivity index (χ3n) is 4.11. The van der Waals surface area contributed by atoms with Crippen molar-refractivity contribution >= 4 is 0 Å². The van der Waals surface area contributed by atoms with Gasteiger partial charge in [-0.2, -0.15) is 0 Å². The van der Waals surface area contributed by atoms with Crippen LogP contribution in [0.3, 0.4) is 0 Å². The smallest absolute Gasteiger partial charge is 0.119 e. The number of rotatable bonds is 5. The Labute approximate surface area is 123 Å². The summed E-state index contributed by atoms with van der Waals surface area (Å²) in [4.78, 5) is 2.56. The van der Waals surface area contributed by atoms with Gasteiger partial charge in [-0.1, -0.05) is 31.4 Å². The summed E-state index contributed by atoms with van der Waals surface area (Å²) in [5, 5.41) is 0. The van der Waals surface area contributed by atoms with Crippen LogP contribution in [0, 0.1) is 0 Å². The molecule has 1 aliphatic heterocycles. The molecule has 1 unspecified atom stereocenters. The molecule has 0 amide bonds. The zero-order valence-electron chi connectivity index (χ0n) is 12.7. The summed E-state index contributed by atoms with van der Waals surface area (Å²) in [5.74, 6) is 0.954. The van der Waals surface area contributed by atoms with E-state index in [0.717, 1.165) is 5.75 Å². The van der Waals surface area contributed by atoms with Crippen molar-refractivity contribution < 1.29 is 4.74 Å². The second-order valence-corrected chi connectivity index (χ2v) is 5.56. The highest BCUT2D eigenvalue weighted by atomic mass is 16.5. The highest BCUT2D eigenvalue weighted by Crippen LogP contribution is 2.25. The fourth-order valence-electron chi connectivity index (χ4n) is 3.06. The molecule has 20 heavy (non-hydrogen) atoms. The second kappa shape index (κ2) is 8.28. The number of nitrogens with two attached hydrogens (primary N) is 1. The van der Waals surface area contributed by atoms with Gasteiger partial charge in [-0.25, -0.2) is 0 Å². The van der Waals surface area contributed by atoms with Gasteiger partial charge in [-0.15, -0.1) is 0 Å². The maximum atomic E-state index is 6.07. The molecule has 1 fully saturated rings. The van der Waals surface area contributed by atoms with E-state index in [1.165, 1.54) is 50.8 Å². The van der Waals surface area contributed by atoms with E-state index in [-0.39, 0.29) is 0 Å². The number of nitrogens with zero attached hydrogens (tertiary/aromatic N) is 1. The Morgan fingerprint density at radius 3 is 2.50 bits per heavy atom. The summed E-state index contributed by atoms with van der Waals surface area (Å²) in [5.41, 5.74) is 7.36. The van der Waals surface area contributed by atoms with Gasteiger partial charge in [0.25, 0.3) is 0 Å². The fraction of sp³-hybridized carbons (Fsp3) is 0.647. The van der Waals surface area contributed by atoms with Crippen molar-refractivity contribution in [1.29, 1.82) is 0 Å². The SMILES string of the molecule is CCOc1cccc(C(CN)N2CCCCCCC2)c1. The minimum absolute atomic E-state index is 0.327. The zero-order chi connectivity index (χ0) is 14.2. The molecule has 0 bridgehead atoms. The van der Waals surface area contributed by atoms with Gasteiger partial charge >= 0.3 is 0 Å². The predicted octanol–water partition coefficient (Wildman–Crippen LogP) is 3.35. The molecule has 1 saturated heterocycles. The Morgan fingerprint density at radius 1 is 1.15 bits per heavy atom. The van der Waals surface area contributed by atoms with Crippen molar-refractivity contribution in [3.63, 3.8) is 0 Å². The van der Waals surface area contributed by atoms with E-state index in [2.05, 4.69) is 23.1 Å². The summed E-state index contributed by atoms with van der Waals surface area (Å²) < 4.78 is 5.61. The van der Waals surface area contributed by atoms with E-state index < -0.39 is 0 Å². The summed E-state index contributed by atoms with van der Waals surface area (Å²) in [6.45, 7) is 5.74. The molecule has 1 aromatic rings. The molecule has 3 heteroatoms. The van der Waals surface area contributed by atoms with Gasteiger partial charge in [-0.3, -0.25) is 4.90 Å². The molecule has 0 spiro atoms. The van der Waals surface area contributed by atoms with Crippen LogP contribution in [0.25, 0.3) is 0 Å². The van der Waals surface area contributed by atoms with Crippen molar-refractivity contribution in [3.8, 4) is 5.75 Å². The van der Waals surface area contributed by atoms with Crippen LogP contribution in [0.5, 0.6) is 5.75 Å². The summed E-state index contributed by atoms with van der Waals surface area (Å²) in [6, 6.07) is 8.76. The first-order chi connectivity index (χ1) is 9.85. The van der Waals surface area contributed by atoms with Gasteiger partial charge in [0.2, 0.25) is 0 Å². The number of likely N-dealkylation sites (tertiary alicyclic amines) is 1. The topological polar surface area (TPSA) is 38.5 Å². The van der Waals surface area contributed by atoms with Gasteiger partial charge in [0.05, 0.1) is 6.61 Å². The molecule has 0 aliphatic carbocycles. The van der Waals surface area contributed by atoms with Gasteiger partial charge in [0.15, 0.2) is 0 Å². The molecule has 0 saturated carbocycles. The number of hydrogen-bond donors (Lipinski definition) is 1. The highest BCUT2D eigenvalue weighted by Gasteiger charge is 2.19. The number of hydrogen-bond acceptors (Lipinski definition) is 3. The van der Waals surface area contributed by atoms with Crippen LogP contribution >= 0.6 is 0 Å². The Hall–Kier alpha value is -1.06. The third-order valence-corrected chi connectivity index (χ3v) is 4.11. The maximum Gasteiger partial charge on any atom is 0.119 e. The van der Waals surface area contributed by atoms with Crippen LogP contribution in [-0.4, -0.2) is 31.1 Å². The second-order valence-electron chi connectivity index (χ2n) is 5.56. The van der Waals surface area contributed by atoms with E-state index in [0.29, 0.717) is 19.2 Å². The molecule has 1 heterocycles. The van der Waals surface area contributed by atoms with E-state index in [1.807, 2.05) is 13.0 Å². The largest absolute Gasteiger partial charge is 0.494 e. The van der Waals surface area contributed by atoms with E-state index >= 15 is 0 Å². The normalized spacial score (nSPS) is 19.1. The van der Waals surface area contributed by atoms with Crippen LogP contribution in [-0.2, 0) is 0 Å². The first-order valence-electron chi connectivity index (χ1n) is 8.02. The average molecular weight is 276 g/mol. The molecule has 2 rings (SSSR count).